The third kappa shape index (κ3) is 2.92. The number of nitrogens with one attached hydrogen (secondary N) is 1. The van der Waals surface area contributed by atoms with Crippen LogP contribution < -0.4 is 5.32 Å². The van der Waals surface area contributed by atoms with Gasteiger partial charge >= 0.3 is 0 Å². The zero-order valence-electron chi connectivity index (χ0n) is 8.94. The van der Waals surface area contributed by atoms with Crippen molar-refractivity contribution in [3.63, 3.8) is 0 Å². The molecule has 1 aromatic rings. The SMILES string of the molecule is CNCC(O)C(O)c1cc(C)ccc1O. The van der Waals surface area contributed by atoms with E-state index in [9.17, 15) is 15.3 Å². The molecule has 2 unspecified atom stereocenters. The van der Waals surface area contributed by atoms with Crippen molar-refractivity contribution in [2.75, 3.05) is 13.6 Å². The van der Waals surface area contributed by atoms with Gasteiger partial charge in [0.1, 0.15) is 11.9 Å². The summed E-state index contributed by atoms with van der Waals surface area (Å²) in [6, 6.07) is 4.93. The van der Waals surface area contributed by atoms with E-state index in [1.165, 1.54) is 6.07 Å². The average molecular weight is 211 g/mol. The molecule has 0 heterocycles. The molecule has 0 radical (unpaired) electrons. The van der Waals surface area contributed by atoms with Gasteiger partial charge in [-0.05, 0) is 26.1 Å². The average Bonchev–Trinajstić information content (AvgIpc) is 2.21. The fraction of sp³-hybridized carbons (Fsp3) is 0.455. The van der Waals surface area contributed by atoms with Gasteiger partial charge < -0.3 is 20.6 Å². The van der Waals surface area contributed by atoms with E-state index in [1.807, 2.05) is 6.92 Å². The van der Waals surface area contributed by atoms with Crippen molar-refractivity contribution < 1.29 is 15.3 Å². The third-order valence-corrected chi connectivity index (χ3v) is 2.28. The highest BCUT2D eigenvalue weighted by Gasteiger charge is 2.20. The fourth-order valence-corrected chi connectivity index (χ4v) is 1.44. The highest BCUT2D eigenvalue weighted by molar-refractivity contribution is 5.37. The molecule has 1 rings (SSSR count). The Hall–Kier alpha value is -1.10. The summed E-state index contributed by atoms with van der Waals surface area (Å²) in [5.41, 5.74) is 1.29. The Morgan fingerprint density at radius 1 is 1.33 bits per heavy atom. The lowest BCUT2D eigenvalue weighted by Crippen LogP contribution is -2.29. The molecule has 0 saturated carbocycles. The minimum absolute atomic E-state index is 0.00301. The number of rotatable bonds is 4. The maximum atomic E-state index is 9.78. The van der Waals surface area contributed by atoms with E-state index in [4.69, 9.17) is 0 Å². The van der Waals surface area contributed by atoms with Gasteiger partial charge in [0, 0.05) is 12.1 Å². The first-order valence-corrected chi connectivity index (χ1v) is 4.86. The van der Waals surface area contributed by atoms with Crippen LogP contribution in [0.5, 0.6) is 5.75 Å². The molecule has 84 valence electrons. The maximum Gasteiger partial charge on any atom is 0.121 e. The van der Waals surface area contributed by atoms with Crippen molar-refractivity contribution in [3.8, 4) is 5.75 Å². The van der Waals surface area contributed by atoms with Crippen LogP contribution >= 0.6 is 0 Å². The molecule has 0 aliphatic rings. The summed E-state index contributed by atoms with van der Waals surface area (Å²) in [6.07, 6.45) is -2.00. The molecule has 0 spiro atoms. The number of benzene rings is 1. The normalized spacial score (nSPS) is 14.9. The number of aliphatic hydroxyl groups excluding tert-OH is 2. The van der Waals surface area contributed by atoms with E-state index in [0.29, 0.717) is 5.56 Å². The molecule has 4 nitrogen and oxygen atoms in total. The van der Waals surface area contributed by atoms with Gasteiger partial charge in [-0.15, -0.1) is 0 Å². The number of aliphatic hydroxyl groups is 2. The van der Waals surface area contributed by atoms with Crippen molar-refractivity contribution >= 4 is 0 Å². The third-order valence-electron chi connectivity index (χ3n) is 2.28. The zero-order valence-corrected chi connectivity index (χ0v) is 8.94. The molecule has 15 heavy (non-hydrogen) atoms. The van der Waals surface area contributed by atoms with Gasteiger partial charge in [-0.25, -0.2) is 0 Å². The largest absolute Gasteiger partial charge is 0.508 e. The van der Waals surface area contributed by atoms with Crippen LogP contribution in [0, 0.1) is 6.92 Å². The van der Waals surface area contributed by atoms with Crippen LogP contribution in [0.2, 0.25) is 0 Å². The predicted octanol–water partition coefficient (Wildman–Crippen LogP) is 0.314. The molecule has 4 N–H and O–H groups in total. The molecular formula is C11H17NO3. The Balaban J connectivity index is 2.89. The van der Waals surface area contributed by atoms with E-state index >= 15 is 0 Å². The minimum Gasteiger partial charge on any atom is -0.508 e. The molecule has 0 aliphatic heterocycles. The first-order chi connectivity index (χ1) is 7.06. The second-order valence-corrected chi connectivity index (χ2v) is 3.63. The van der Waals surface area contributed by atoms with Crippen LogP contribution in [-0.2, 0) is 0 Å². The molecule has 0 fully saturated rings. The van der Waals surface area contributed by atoms with Gasteiger partial charge in [0.2, 0.25) is 0 Å². The molecular weight excluding hydrogens is 194 g/mol. The van der Waals surface area contributed by atoms with Crippen LogP contribution in [0.4, 0.5) is 0 Å². The van der Waals surface area contributed by atoms with Crippen molar-refractivity contribution in [2.24, 2.45) is 0 Å². The van der Waals surface area contributed by atoms with Gasteiger partial charge in [0.15, 0.2) is 0 Å². The van der Waals surface area contributed by atoms with Crippen molar-refractivity contribution in [3.05, 3.63) is 29.3 Å². The Labute approximate surface area is 89.2 Å². The molecule has 2 atom stereocenters. The Bertz CT molecular complexity index is 328. The molecule has 0 aromatic heterocycles. The van der Waals surface area contributed by atoms with Gasteiger partial charge in [-0.2, -0.15) is 0 Å². The highest BCUT2D eigenvalue weighted by Crippen LogP contribution is 2.27. The summed E-state index contributed by atoms with van der Waals surface area (Å²) in [4.78, 5) is 0. The van der Waals surface area contributed by atoms with E-state index in [1.54, 1.807) is 19.2 Å². The Kier molecular flexibility index (Phi) is 4.08. The lowest BCUT2D eigenvalue weighted by molar-refractivity contribution is 0.0189. The quantitative estimate of drug-likeness (QED) is 0.578. The lowest BCUT2D eigenvalue weighted by atomic mass is 10.0. The molecule has 0 saturated heterocycles. The second-order valence-electron chi connectivity index (χ2n) is 3.63. The second kappa shape index (κ2) is 5.11. The van der Waals surface area contributed by atoms with E-state index in [0.717, 1.165) is 5.56 Å². The van der Waals surface area contributed by atoms with Crippen LogP contribution in [-0.4, -0.2) is 35.0 Å². The molecule has 1 aromatic carbocycles. The molecule has 0 aliphatic carbocycles. The van der Waals surface area contributed by atoms with Gasteiger partial charge in [-0.1, -0.05) is 11.6 Å². The number of likely N-dealkylation sites (N-methyl/N-ethyl adjacent to an activating group) is 1. The van der Waals surface area contributed by atoms with Crippen molar-refractivity contribution in [1.82, 2.24) is 5.32 Å². The molecule has 4 heteroatoms. The summed E-state index contributed by atoms with van der Waals surface area (Å²) in [5, 5.41) is 31.6. The summed E-state index contributed by atoms with van der Waals surface area (Å²) in [6.45, 7) is 2.13. The zero-order chi connectivity index (χ0) is 11.4. The first kappa shape index (κ1) is 12.0. The maximum absolute atomic E-state index is 9.78. The number of aryl methyl sites for hydroxylation is 1. The van der Waals surface area contributed by atoms with Crippen LogP contribution in [0.1, 0.15) is 17.2 Å². The van der Waals surface area contributed by atoms with E-state index < -0.39 is 12.2 Å². The van der Waals surface area contributed by atoms with Gasteiger partial charge in [0.25, 0.3) is 0 Å². The Morgan fingerprint density at radius 3 is 2.60 bits per heavy atom. The monoisotopic (exact) mass is 211 g/mol. The van der Waals surface area contributed by atoms with Crippen LogP contribution in [0.3, 0.4) is 0 Å². The summed E-state index contributed by atoms with van der Waals surface area (Å²) < 4.78 is 0. The fourth-order valence-electron chi connectivity index (χ4n) is 1.44. The van der Waals surface area contributed by atoms with Crippen LogP contribution in [0.25, 0.3) is 0 Å². The minimum atomic E-state index is -1.07. The standard InChI is InChI=1S/C11H17NO3/c1-7-3-4-9(13)8(5-7)11(15)10(14)6-12-2/h3-5,10-15H,6H2,1-2H3. The first-order valence-electron chi connectivity index (χ1n) is 4.86. The van der Waals surface area contributed by atoms with Gasteiger partial charge in [-0.3, -0.25) is 0 Å². The molecule has 0 amide bonds. The number of hydrogen-bond donors (Lipinski definition) is 4. The van der Waals surface area contributed by atoms with E-state index in [-0.39, 0.29) is 12.3 Å². The topological polar surface area (TPSA) is 72.7 Å². The lowest BCUT2D eigenvalue weighted by Gasteiger charge is -2.19. The van der Waals surface area contributed by atoms with Crippen LogP contribution in [0.15, 0.2) is 18.2 Å². The smallest absolute Gasteiger partial charge is 0.121 e. The predicted molar refractivity (Wildman–Crippen MR) is 57.7 cm³/mol. The highest BCUT2D eigenvalue weighted by atomic mass is 16.3. The molecule has 0 bridgehead atoms. The van der Waals surface area contributed by atoms with Crippen molar-refractivity contribution in [2.45, 2.75) is 19.1 Å². The summed E-state index contributed by atoms with van der Waals surface area (Å²) >= 11 is 0. The number of phenols is 1. The Morgan fingerprint density at radius 2 is 2.00 bits per heavy atom. The van der Waals surface area contributed by atoms with E-state index in [2.05, 4.69) is 5.32 Å². The summed E-state index contributed by atoms with van der Waals surface area (Å²) in [7, 11) is 1.69. The van der Waals surface area contributed by atoms with Gasteiger partial charge in [0.05, 0.1) is 6.10 Å². The van der Waals surface area contributed by atoms with Crippen molar-refractivity contribution in [1.29, 1.82) is 0 Å². The number of aromatic hydroxyl groups is 1. The number of phenolic OH excluding ortho intramolecular Hbond substituents is 1. The number of hydrogen-bond acceptors (Lipinski definition) is 4. The summed E-state index contributed by atoms with van der Waals surface area (Å²) in [5.74, 6) is 0.00301.